The van der Waals surface area contributed by atoms with Crippen LogP contribution in [0.15, 0.2) is 5.16 Å². The Morgan fingerprint density at radius 3 is 2.73 bits per heavy atom. The average molecular weight is 368 g/mol. The summed E-state index contributed by atoms with van der Waals surface area (Å²) in [6.07, 6.45) is 10.4. The maximum atomic E-state index is 9.05. The molecule has 6 atom stereocenters. The molecule has 0 radical (unpaired) electrons. The van der Waals surface area contributed by atoms with E-state index in [1.165, 1.54) is 25.7 Å². The quantitative estimate of drug-likeness (QED) is 0.444. The fraction of sp³-hybridized carbons (Fsp3) is 0.950. The second-order valence-corrected chi connectivity index (χ2v) is 8.74. The molecule has 0 aromatic rings. The standard InChI is InChI=1S/C20H37N3O3/c1-22(2)18-11-15(13-21-24)10-17(12-18)19-7-4-6-16(20(19)25-3)14-23-8-5-9-26-23/h13,15-20,24H,4-12,14H2,1-3H3/b21-13+. The average Bonchev–Trinajstić information content (AvgIpc) is 3.14. The number of ether oxygens (including phenoxy) is 1. The number of nitrogens with zero attached hydrogens (tertiary/aromatic N) is 3. The summed E-state index contributed by atoms with van der Waals surface area (Å²) in [4.78, 5) is 8.09. The second-order valence-electron chi connectivity index (χ2n) is 8.74. The minimum absolute atomic E-state index is 0.311. The van der Waals surface area contributed by atoms with Crippen LogP contribution in [0.4, 0.5) is 0 Å². The summed E-state index contributed by atoms with van der Waals surface area (Å²) in [5, 5.41) is 14.6. The normalized spacial score (nSPS) is 39.8. The Labute approximate surface area is 158 Å². The van der Waals surface area contributed by atoms with E-state index in [4.69, 9.17) is 14.8 Å². The van der Waals surface area contributed by atoms with E-state index in [0.29, 0.717) is 35.8 Å². The van der Waals surface area contributed by atoms with Crippen LogP contribution in [0.25, 0.3) is 0 Å². The van der Waals surface area contributed by atoms with Crippen molar-refractivity contribution in [2.24, 2.45) is 28.8 Å². The van der Waals surface area contributed by atoms with Crippen molar-refractivity contribution in [2.75, 3.05) is 40.9 Å². The number of methoxy groups -OCH3 is 1. The highest BCUT2D eigenvalue weighted by Crippen LogP contribution is 2.44. The highest BCUT2D eigenvalue weighted by Gasteiger charge is 2.42. The lowest BCUT2D eigenvalue weighted by Crippen LogP contribution is -2.47. The van der Waals surface area contributed by atoms with Crippen molar-refractivity contribution < 1.29 is 14.8 Å². The first-order valence-electron chi connectivity index (χ1n) is 10.4. The van der Waals surface area contributed by atoms with Crippen LogP contribution >= 0.6 is 0 Å². The third kappa shape index (κ3) is 4.77. The molecule has 3 aliphatic rings. The van der Waals surface area contributed by atoms with Gasteiger partial charge in [-0.1, -0.05) is 6.42 Å². The van der Waals surface area contributed by atoms with E-state index in [2.05, 4.69) is 29.2 Å². The Kier molecular flexibility index (Phi) is 7.32. The lowest BCUT2D eigenvalue weighted by atomic mass is 9.65. The van der Waals surface area contributed by atoms with Crippen molar-refractivity contribution in [1.82, 2.24) is 9.96 Å². The van der Waals surface area contributed by atoms with Gasteiger partial charge in [0.2, 0.25) is 0 Å². The number of oxime groups is 1. The van der Waals surface area contributed by atoms with Gasteiger partial charge in [0.15, 0.2) is 0 Å². The molecule has 2 aliphatic carbocycles. The van der Waals surface area contributed by atoms with Gasteiger partial charge in [-0.2, -0.15) is 5.06 Å². The third-order valence-corrected chi connectivity index (χ3v) is 6.90. The van der Waals surface area contributed by atoms with Gasteiger partial charge in [0.1, 0.15) is 0 Å². The first-order valence-corrected chi connectivity index (χ1v) is 10.4. The number of hydrogen-bond donors (Lipinski definition) is 1. The van der Waals surface area contributed by atoms with Gasteiger partial charge in [0, 0.05) is 38.4 Å². The van der Waals surface area contributed by atoms with Crippen LogP contribution in [0.5, 0.6) is 0 Å². The molecular formula is C20H37N3O3. The molecule has 6 nitrogen and oxygen atoms in total. The van der Waals surface area contributed by atoms with Gasteiger partial charge in [-0.05, 0) is 70.4 Å². The van der Waals surface area contributed by atoms with E-state index >= 15 is 0 Å². The molecule has 150 valence electrons. The van der Waals surface area contributed by atoms with Crippen LogP contribution in [0.2, 0.25) is 0 Å². The Bertz CT molecular complexity index is 454. The monoisotopic (exact) mass is 367 g/mol. The molecule has 26 heavy (non-hydrogen) atoms. The van der Waals surface area contributed by atoms with Crippen molar-refractivity contribution >= 4 is 6.21 Å². The summed E-state index contributed by atoms with van der Waals surface area (Å²) in [7, 11) is 6.23. The molecule has 0 aromatic heterocycles. The molecule has 1 heterocycles. The molecular weight excluding hydrogens is 330 g/mol. The summed E-state index contributed by atoms with van der Waals surface area (Å²) in [5.74, 6) is 2.15. The minimum Gasteiger partial charge on any atom is -0.411 e. The zero-order valence-electron chi connectivity index (χ0n) is 16.7. The molecule has 0 bridgehead atoms. The molecule has 6 heteroatoms. The van der Waals surface area contributed by atoms with Gasteiger partial charge >= 0.3 is 0 Å². The van der Waals surface area contributed by atoms with E-state index in [1.54, 1.807) is 6.21 Å². The summed E-state index contributed by atoms with van der Waals surface area (Å²) >= 11 is 0. The minimum atomic E-state index is 0.311. The predicted octanol–water partition coefficient (Wildman–Crippen LogP) is 2.86. The van der Waals surface area contributed by atoms with Gasteiger partial charge in [-0.3, -0.25) is 4.84 Å². The molecule has 2 saturated carbocycles. The topological polar surface area (TPSA) is 57.5 Å². The molecule has 0 spiro atoms. The molecule has 1 N–H and O–H groups in total. The highest BCUT2D eigenvalue weighted by atomic mass is 16.7. The van der Waals surface area contributed by atoms with Gasteiger partial charge < -0.3 is 14.8 Å². The summed E-state index contributed by atoms with van der Waals surface area (Å²) in [6, 6.07) is 0.552. The molecule has 0 aromatic carbocycles. The predicted molar refractivity (Wildman–Crippen MR) is 102 cm³/mol. The number of hydroxylamine groups is 2. The van der Waals surface area contributed by atoms with E-state index in [-0.39, 0.29) is 0 Å². The van der Waals surface area contributed by atoms with Crippen LogP contribution in [-0.2, 0) is 9.57 Å². The second kappa shape index (κ2) is 9.49. The van der Waals surface area contributed by atoms with Crippen molar-refractivity contribution in [2.45, 2.75) is 57.1 Å². The van der Waals surface area contributed by atoms with Gasteiger partial charge in [0.25, 0.3) is 0 Å². The Balaban J connectivity index is 1.69. The molecule has 6 unspecified atom stereocenters. The zero-order chi connectivity index (χ0) is 18.5. The molecule has 0 amide bonds. The fourth-order valence-electron chi connectivity index (χ4n) is 5.63. The molecule has 1 aliphatic heterocycles. The Hall–Kier alpha value is -0.690. The van der Waals surface area contributed by atoms with Gasteiger partial charge in [0.05, 0.1) is 12.7 Å². The summed E-state index contributed by atoms with van der Waals surface area (Å²) < 4.78 is 6.09. The van der Waals surface area contributed by atoms with Crippen molar-refractivity contribution in [3.05, 3.63) is 0 Å². The van der Waals surface area contributed by atoms with E-state index in [1.807, 2.05) is 7.11 Å². The largest absolute Gasteiger partial charge is 0.411 e. The maximum absolute atomic E-state index is 9.05. The highest BCUT2D eigenvalue weighted by molar-refractivity contribution is 5.60. The SMILES string of the molecule is COC1C(CN2CCCO2)CCCC1C1CC(/C=N/O)CC(N(C)C)C1. The number of rotatable bonds is 6. The third-order valence-electron chi connectivity index (χ3n) is 6.90. The smallest absolute Gasteiger partial charge is 0.0698 e. The first-order chi connectivity index (χ1) is 12.6. The molecule has 3 fully saturated rings. The molecule has 3 rings (SSSR count). The van der Waals surface area contributed by atoms with Gasteiger partial charge in [-0.25, -0.2) is 0 Å². The summed E-state index contributed by atoms with van der Waals surface area (Å²) in [5.41, 5.74) is 0. The molecule has 1 saturated heterocycles. The van der Waals surface area contributed by atoms with Gasteiger partial charge in [-0.15, -0.1) is 5.16 Å². The van der Waals surface area contributed by atoms with Crippen molar-refractivity contribution in [3.8, 4) is 0 Å². The van der Waals surface area contributed by atoms with Crippen LogP contribution < -0.4 is 0 Å². The Morgan fingerprint density at radius 2 is 2.08 bits per heavy atom. The summed E-state index contributed by atoms with van der Waals surface area (Å²) in [6.45, 7) is 2.92. The van der Waals surface area contributed by atoms with Crippen LogP contribution in [0, 0.1) is 23.7 Å². The maximum Gasteiger partial charge on any atom is 0.0698 e. The first kappa shape index (κ1) is 20.1. The van der Waals surface area contributed by atoms with Crippen molar-refractivity contribution in [1.29, 1.82) is 0 Å². The zero-order valence-corrected chi connectivity index (χ0v) is 16.7. The number of hydrogen-bond acceptors (Lipinski definition) is 6. The van der Waals surface area contributed by atoms with Crippen molar-refractivity contribution in [3.63, 3.8) is 0 Å². The van der Waals surface area contributed by atoms with E-state index in [0.717, 1.165) is 39.0 Å². The Morgan fingerprint density at radius 1 is 1.23 bits per heavy atom. The fourth-order valence-corrected chi connectivity index (χ4v) is 5.63. The van der Waals surface area contributed by atoms with Crippen LogP contribution in [-0.4, -0.2) is 74.4 Å². The van der Waals surface area contributed by atoms with E-state index < -0.39 is 0 Å². The van der Waals surface area contributed by atoms with Crippen LogP contribution in [0.1, 0.15) is 44.9 Å². The lowest BCUT2D eigenvalue weighted by Gasteiger charge is -2.46. The van der Waals surface area contributed by atoms with E-state index in [9.17, 15) is 0 Å². The van der Waals surface area contributed by atoms with Crippen LogP contribution in [0.3, 0.4) is 0 Å². The lowest BCUT2D eigenvalue weighted by molar-refractivity contribution is -0.143.